The number of aromatic nitrogens is 4. The van der Waals surface area contributed by atoms with Crippen LogP contribution in [-0.2, 0) is 26.4 Å². The average molecular weight is 474 g/mol. The molecule has 0 aliphatic heterocycles. The fraction of sp³-hybridized carbons (Fsp3) is 0.174. The minimum absolute atomic E-state index is 0.0789. The van der Waals surface area contributed by atoms with E-state index in [0.29, 0.717) is 30.3 Å². The van der Waals surface area contributed by atoms with Gasteiger partial charge in [0.05, 0.1) is 6.20 Å². The highest BCUT2D eigenvalue weighted by molar-refractivity contribution is 6.28. The fourth-order valence-corrected chi connectivity index (χ4v) is 3.28. The monoisotopic (exact) mass is 473 g/mol. The summed E-state index contributed by atoms with van der Waals surface area (Å²) in [4.78, 5) is 11.9. The van der Waals surface area contributed by atoms with Crippen LogP contribution in [-0.4, -0.2) is 19.5 Å². The topological polar surface area (TPSA) is 64.9 Å². The summed E-state index contributed by atoms with van der Waals surface area (Å²) in [5.41, 5.74) is 1.54. The lowest BCUT2D eigenvalue weighted by molar-refractivity contribution is -0.140. The van der Waals surface area contributed by atoms with Gasteiger partial charge in [-0.1, -0.05) is 54.6 Å². The molecule has 10 heteroatoms. The summed E-state index contributed by atoms with van der Waals surface area (Å²) in [5, 5.41) is 3.25. The SMILES string of the molecule is Cn1cc(C(F)(F)F)nc1-c1ccc(CNc2nc(Cl)ncc2OCc2ccccc2)cc1. The summed E-state index contributed by atoms with van der Waals surface area (Å²) in [7, 11) is 1.53. The molecule has 0 atom stereocenters. The first-order chi connectivity index (χ1) is 15.8. The molecule has 0 saturated heterocycles. The van der Waals surface area contributed by atoms with Crippen molar-refractivity contribution in [2.45, 2.75) is 19.3 Å². The van der Waals surface area contributed by atoms with Crippen LogP contribution in [0.3, 0.4) is 0 Å². The Hall–Kier alpha value is -3.59. The molecule has 6 nitrogen and oxygen atoms in total. The fourth-order valence-electron chi connectivity index (χ4n) is 3.15. The van der Waals surface area contributed by atoms with Gasteiger partial charge in [-0.05, 0) is 22.7 Å². The maximum Gasteiger partial charge on any atom is 0.434 e. The molecule has 33 heavy (non-hydrogen) atoms. The van der Waals surface area contributed by atoms with Gasteiger partial charge in [0.25, 0.3) is 0 Å². The second kappa shape index (κ2) is 9.50. The van der Waals surface area contributed by atoms with Crippen LogP contribution in [0.1, 0.15) is 16.8 Å². The summed E-state index contributed by atoms with van der Waals surface area (Å²) in [6, 6.07) is 16.7. The van der Waals surface area contributed by atoms with E-state index in [1.54, 1.807) is 24.3 Å². The molecular formula is C23H19ClF3N5O. The third-order valence-corrected chi connectivity index (χ3v) is 4.98. The normalized spacial score (nSPS) is 11.4. The van der Waals surface area contributed by atoms with Crippen molar-refractivity contribution in [3.05, 3.63) is 89.1 Å². The molecule has 0 amide bonds. The third kappa shape index (κ3) is 5.61. The standard InChI is InChI=1S/C23H19ClF3N5O/c1-32-13-19(23(25,26)27)30-21(32)17-9-7-15(8-10-17)11-28-20-18(12-29-22(24)31-20)33-14-16-5-3-2-4-6-16/h2-10,12-13H,11,14H2,1H3,(H,28,29,31). The van der Waals surface area contributed by atoms with Crippen LogP contribution in [0.2, 0.25) is 5.28 Å². The van der Waals surface area contributed by atoms with Crippen LogP contribution in [0.15, 0.2) is 67.0 Å². The lowest BCUT2D eigenvalue weighted by Crippen LogP contribution is -2.06. The zero-order valence-electron chi connectivity index (χ0n) is 17.5. The number of rotatable bonds is 7. The van der Waals surface area contributed by atoms with Crippen LogP contribution in [0.25, 0.3) is 11.4 Å². The Morgan fingerprint density at radius 1 is 1.00 bits per heavy atom. The van der Waals surface area contributed by atoms with E-state index in [-0.39, 0.29) is 11.1 Å². The van der Waals surface area contributed by atoms with Crippen molar-refractivity contribution in [3.8, 4) is 17.1 Å². The molecule has 0 saturated carbocycles. The molecule has 2 heterocycles. The van der Waals surface area contributed by atoms with Crippen molar-refractivity contribution in [1.82, 2.24) is 19.5 Å². The van der Waals surface area contributed by atoms with Gasteiger partial charge < -0.3 is 14.6 Å². The number of anilines is 1. The second-order valence-electron chi connectivity index (χ2n) is 7.24. The minimum atomic E-state index is -4.49. The van der Waals surface area contributed by atoms with E-state index >= 15 is 0 Å². The second-order valence-corrected chi connectivity index (χ2v) is 7.57. The van der Waals surface area contributed by atoms with Gasteiger partial charge in [0, 0.05) is 25.4 Å². The van der Waals surface area contributed by atoms with Crippen molar-refractivity contribution in [2.24, 2.45) is 7.05 Å². The molecule has 0 fully saturated rings. The Bertz CT molecular complexity index is 1230. The van der Waals surface area contributed by atoms with Crippen molar-refractivity contribution in [1.29, 1.82) is 0 Å². The maximum absolute atomic E-state index is 12.9. The number of hydrogen-bond acceptors (Lipinski definition) is 5. The van der Waals surface area contributed by atoms with Crippen molar-refractivity contribution in [2.75, 3.05) is 5.32 Å². The van der Waals surface area contributed by atoms with E-state index in [2.05, 4.69) is 20.3 Å². The van der Waals surface area contributed by atoms with E-state index in [0.717, 1.165) is 17.3 Å². The molecule has 0 bridgehead atoms. The van der Waals surface area contributed by atoms with Gasteiger partial charge in [0.15, 0.2) is 17.3 Å². The molecule has 4 aromatic rings. The van der Waals surface area contributed by atoms with Gasteiger partial charge in [-0.25, -0.2) is 9.97 Å². The molecule has 1 N–H and O–H groups in total. The third-order valence-electron chi connectivity index (χ3n) is 4.80. The van der Waals surface area contributed by atoms with Gasteiger partial charge in [-0.15, -0.1) is 0 Å². The molecule has 0 spiro atoms. The molecule has 0 aliphatic rings. The lowest BCUT2D eigenvalue weighted by Gasteiger charge is -2.12. The molecular weight excluding hydrogens is 455 g/mol. The van der Waals surface area contributed by atoms with Gasteiger partial charge in [0.1, 0.15) is 12.4 Å². The first-order valence-corrected chi connectivity index (χ1v) is 10.3. The van der Waals surface area contributed by atoms with E-state index in [1.807, 2.05) is 30.3 Å². The van der Waals surface area contributed by atoms with E-state index in [9.17, 15) is 13.2 Å². The van der Waals surface area contributed by atoms with E-state index < -0.39 is 11.9 Å². The Balaban J connectivity index is 1.44. The zero-order chi connectivity index (χ0) is 23.4. The number of alkyl halides is 3. The Morgan fingerprint density at radius 3 is 2.39 bits per heavy atom. The Labute approximate surface area is 193 Å². The quantitative estimate of drug-likeness (QED) is 0.347. The van der Waals surface area contributed by atoms with Crippen LogP contribution < -0.4 is 10.1 Å². The molecule has 170 valence electrons. The van der Waals surface area contributed by atoms with E-state index in [4.69, 9.17) is 16.3 Å². The highest BCUT2D eigenvalue weighted by atomic mass is 35.5. The number of hydrogen-bond donors (Lipinski definition) is 1. The molecule has 2 aromatic heterocycles. The summed E-state index contributed by atoms with van der Waals surface area (Å²) in [6.45, 7) is 0.739. The van der Waals surface area contributed by atoms with Gasteiger partial charge in [-0.3, -0.25) is 0 Å². The number of nitrogens with one attached hydrogen (secondary N) is 1. The maximum atomic E-state index is 12.9. The number of ether oxygens (including phenoxy) is 1. The Kier molecular flexibility index (Phi) is 6.50. The smallest absolute Gasteiger partial charge is 0.434 e. The highest BCUT2D eigenvalue weighted by Gasteiger charge is 2.34. The number of halogens is 4. The number of benzene rings is 2. The molecule has 0 aliphatic carbocycles. The first kappa shape index (κ1) is 22.6. The predicted molar refractivity (Wildman–Crippen MR) is 119 cm³/mol. The molecule has 0 unspecified atom stereocenters. The molecule has 2 aromatic carbocycles. The summed E-state index contributed by atoms with van der Waals surface area (Å²) >= 11 is 5.95. The first-order valence-electron chi connectivity index (χ1n) is 9.92. The average Bonchev–Trinajstić information content (AvgIpc) is 3.20. The van der Waals surface area contributed by atoms with Crippen LogP contribution in [0, 0.1) is 0 Å². The number of aryl methyl sites for hydroxylation is 1. The number of imidazole rings is 1. The molecule has 0 radical (unpaired) electrons. The van der Waals surface area contributed by atoms with Crippen LogP contribution in [0.5, 0.6) is 5.75 Å². The predicted octanol–water partition coefficient (Wildman–Crippen LogP) is 5.74. The molecule has 4 rings (SSSR count). The largest absolute Gasteiger partial charge is 0.483 e. The summed E-state index contributed by atoms with van der Waals surface area (Å²) in [5.74, 6) is 1.13. The van der Waals surface area contributed by atoms with Crippen LogP contribution in [0.4, 0.5) is 19.0 Å². The highest BCUT2D eigenvalue weighted by Crippen LogP contribution is 2.31. The zero-order valence-corrected chi connectivity index (χ0v) is 18.2. The van der Waals surface area contributed by atoms with E-state index in [1.165, 1.54) is 17.8 Å². The lowest BCUT2D eigenvalue weighted by atomic mass is 10.1. The van der Waals surface area contributed by atoms with Gasteiger partial charge in [0.2, 0.25) is 5.28 Å². The van der Waals surface area contributed by atoms with Crippen LogP contribution >= 0.6 is 11.6 Å². The van der Waals surface area contributed by atoms with Crippen molar-refractivity contribution >= 4 is 17.4 Å². The Morgan fingerprint density at radius 2 is 1.73 bits per heavy atom. The van der Waals surface area contributed by atoms with Crippen molar-refractivity contribution in [3.63, 3.8) is 0 Å². The minimum Gasteiger partial charge on any atom is -0.483 e. The van der Waals surface area contributed by atoms with Gasteiger partial charge >= 0.3 is 6.18 Å². The summed E-state index contributed by atoms with van der Waals surface area (Å²) in [6.07, 6.45) is -2.01. The van der Waals surface area contributed by atoms with Crippen molar-refractivity contribution < 1.29 is 17.9 Å². The van der Waals surface area contributed by atoms with Gasteiger partial charge in [-0.2, -0.15) is 18.2 Å². The summed E-state index contributed by atoms with van der Waals surface area (Å²) < 4.78 is 46.0. The number of nitrogens with zero attached hydrogens (tertiary/aromatic N) is 4.